The number of carbonyl (C=O) groups is 1. The van der Waals surface area contributed by atoms with Crippen molar-refractivity contribution in [2.75, 3.05) is 26.2 Å². The molecule has 1 aromatic carbocycles. The number of hydrogen-bond acceptors (Lipinski definition) is 3. The summed E-state index contributed by atoms with van der Waals surface area (Å²) in [4.78, 5) is 15.2. The summed E-state index contributed by atoms with van der Waals surface area (Å²) in [5.74, 6) is 2.56. The number of para-hydroxylation sites is 1. The predicted octanol–water partition coefficient (Wildman–Crippen LogP) is 3.46. The number of likely N-dealkylation sites (tertiary alicyclic amines) is 1. The van der Waals surface area contributed by atoms with Crippen molar-refractivity contribution in [2.24, 2.45) is 11.8 Å². The standard InChI is InChI=1S/C20H26N2O2/c1-2-17-19(16-5-3-4-6-18(16)24-17)20(23)22-11-8-14(9-12-22)15-7-10-21-13-15/h3-6,14-15,21H,2,7-13H2,1H3. The number of carbonyl (C=O) groups excluding carboxylic acids is 1. The first-order chi connectivity index (χ1) is 11.8. The van der Waals surface area contributed by atoms with Crippen molar-refractivity contribution in [2.45, 2.75) is 32.6 Å². The number of furan rings is 1. The van der Waals surface area contributed by atoms with Gasteiger partial charge in [0.25, 0.3) is 5.91 Å². The first-order valence-corrected chi connectivity index (χ1v) is 9.28. The van der Waals surface area contributed by atoms with E-state index in [1.165, 1.54) is 6.42 Å². The Labute approximate surface area is 143 Å². The number of amides is 1. The van der Waals surface area contributed by atoms with Crippen LogP contribution in [0.25, 0.3) is 11.0 Å². The second-order valence-electron chi connectivity index (χ2n) is 7.13. The van der Waals surface area contributed by atoms with Gasteiger partial charge in [0.1, 0.15) is 11.3 Å². The Bertz CT molecular complexity index is 722. The molecule has 128 valence electrons. The van der Waals surface area contributed by atoms with Crippen LogP contribution in [-0.4, -0.2) is 37.0 Å². The molecule has 0 bridgehead atoms. The summed E-state index contributed by atoms with van der Waals surface area (Å²) in [6.07, 6.45) is 4.32. The number of fused-ring (bicyclic) bond motifs is 1. The van der Waals surface area contributed by atoms with Gasteiger partial charge in [-0.25, -0.2) is 0 Å². The first kappa shape index (κ1) is 15.7. The Kier molecular flexibility index (Phi) is 4.31. The largest absolute Gasteiger partial charge is 0.460 e. The van der Waals surface area contributed by atoms with Crippen molar-refractivity contribution in [3.8, 4) is 0 Å². The average molecular weight is 326 g/mol. The number of rotatable bonds is 3. The van der Waals surface area contributed by atoms with E-state index in [1.54, 1.807) is 0 Å². The van der Waals surface area contributed by atoms with Crippen LogP contribution < -0.4 is 5.32 Å². The van der Waals surface area contributed by atoms with Gasteiger partial charge in [0.05, 0.1) is 5.56 Å². The molecule has 24 heavy (non-hydrogen) atoms. The van der Waals surface area contributed by atoms with Crippen LogP contribution in [0.3, 0.4) is 0 Å². The van der Waals surface area contributed by atoms with Crippen molar-refractivity contribution in [3.63, 3.8) is 0 Å². The van der Waals surface area contributed by atoms with Crippen LogP contribution in [-0.2, 0) is 6.42 Å². The van der Waals surface area contributed by atoms with Crippen LogP contribution in [0.15, 0.2) is 28.7 Å². The fourth-order valence-corrected chi connectivity index (χ4v) is 4.39. The molecule has 2 saturated heterocycles. The monoisotopic (exact) mass is 326 g/mol. The molecule has 0 radical (unpaired) electrons. The molecule has 0 aliphatic carbocycles. The quantitative estimate of drug-likeness (QED) is 0.939. The van der Waals surface area contributed by atoms with Gasteiger partial charge in [0.2, 0.25) is 0 Å². The second kappa shape index (κ2) is 6.60. The molecule has 4 nitrogen and oxygen atoms in total. The van der Waals surface area contributed by atoms with Crippen LogP contribution in [0.1, 0.15) is 42.3 Å². The molecule has 2 aromatic rings. The molecule has 1 unspecified atom stereocenters. The lowest BCUT2D eigenvalue weighted by Gasteiger charge is -2.34. The number of piperidine rings is 1. The van der Waals surface area contributed by atoms with E-state index >= 15 is 0 Å². The van der Waals surface area contributed by atoms with E-state index in [2.05, 4.69) is 5.32 Å². The van der Waals surface area contributed by atoms with E-state index in [1.807, 2.05) is 36.1 Å². The molecule has 1 atom stereocenters. The SMILES string of the molecule is CCc1oc2ccccc2c1C(=O)N1CCC(C2CCNC2)CC1. The first-order valence-electron chi connectivity index (χ1n) is 9.28. The minimum absolute atomic E-state index is 0.153. The smallest absolute Gasteiger partial charge is 0.258 e. The average Bonchev–Trinajstić information content (AvgIpc) is 3.28. The molecule has 3 heterocycles. The summed E-state index contributed by atoms with van der Waals surface area (Å²) in [6.45, 7) is 6.12. The lowest BCUT2D eigenvalue weighted by atomic mass is 9.83. The lowest BCUT2D eigenvalue weighted by molar-refractivity contribution is 0.0662. The molecule has 4 rings (SSSR count). The third kappa shape index (κ3) is 2.73. The van der Waals surface area contributed by atoms with Gasteiger partial charge in [-0.2, -0.15) is 0 Å². The highest BCUT2D eigenvalue weighted by atomic mass is 16.3. The summed E-state index contributed by atoms with van der Waals surface area (Å²) < 4.78 is 5.91. The molecule has 0 spiro atoms. The molecule has 1 N–H and O–H groups in total. The highest BCUT2D eigenvalue weighted by Crippen LogP contribution is 2.32. The van der Waals surface area contributed by atoms with E-state index in [-0.39, 0.29) is 5.91 Å². The molecular weight excluding hydrogens is 300 g/mol. The fourth-order valence-electron chi connectivity index (χ4n) is 4.39. The van der Waals surface area contributed by atoms with Gasteiger partial charge in [-0.3, -0.25) is 4.79 Å². The van der Waals surface area contributed by atoms with Crippen LogP contribution in [0.2, 0.25) is 0 Å². The van der Waals surface area contributed by atoms with E-state index in [4.69, 9.17) is 4.42 Å². The number of nitrogens with one attached hydrogen (secondary N) is 1. The van der Waals surface area contributed by atoms with Crippen LogP contribution in [0.5, 0.6) is 0 Å². The van der Waals surface area contributed by atoms with E-state index in [9.17, 15) is 4.79 Å². The third-order valence-corrected chi connectivity index (χ3v) is 5.80. The maximum Gasteiger partial charge on any atom is 0.258 e. The van der Waals surface area contributed by atoms with Gasteiger partial charge >= 0.3 is 0 Å². The molecule has 1 amide bonds. The summed E-state index contributed by atoms with van der Waals surface area (Å²) in [5, 5.41) is 4.43. The number of benzene rings is 1. The number of nitrogens with zero attached hydrogens (tertiary/aromatic N) is 1. The van der Waals surface area contributed by atoms with Crippen molar-refractivity contribution in [1.29, 1.82) is 0 Å². The topological polar surface area (TPSA) is 45.5 Å². The van der Waals surface area contributed by atoms with Crippen molar-refractivity contribution in [1.82, 2.24) is 10.2 Å². The lowest BCUT2D eigenvalue weighted by Crippen LogP contribution is -2.40. The molecule has 4 heteroatoms. The Morgan fingerprint density at radius 2 is 2.00 bits per heavy atom. The zero-order valence-electron chi connectivity index (χ0n) is 14.4. The molecule has 1 aromatic heterocycles. The molecular formula is C20H26N2O2. The Morgan fingerprint density at radius 1 is 1.21 bits per heavy atom. The van der Waals surface area contributed by atoms with Gasteiger partial charge in [-0.15, -0.1) is 0 Å². The minimum Gasteiger partial charge on any atom is -0.460 e. The summed E-state index contributed by atoms with van der Waals surface area (Å²) in [7, 11) is 0. The molecule has 2 aliphatic rings. The van der Waals surface area contributed by atoms with Gasteiger partial charge in [0, 0.05) is 24.9 Å². The summed E-state index contributed by atoms with van der Waals surface area (Å²) in [6, 6.07) is 7.89. The second-order valence-corrected chi connectivity index (χ2v) is 7.13. The van der Waals surface area contributed by atoms with Crippen molar-refractivity contribution < 1.29 is 9.21 Å². The molecule has 2 aliphatic heterocycles. The van der Waals surface area contributed by atoms with Crippen LogP contribution >= 0.6 is 0 Å². The highest BCUT2D eigenvalue weighted by molar-refractivity contribution is 6.07. The summed E-state index contributed by atoms with van der Waals surface area (Å²) in [5.41, 5.74) is 1.61. The third-order valence-electron chi connectivity index (χ3n) is 5.80. The molecule has 2 fully saturated rings. The number of hydrogen-bond donors (Lipinski definition) is 1. The molecule has 0 saturated carbocycles. The van der Waals surface area contributed by atoms with E-state index in [0.717, 1.165) is 79.6 Å². The van der Waals surface area contributed by atoms with Crippen LogP contribution in [0.4, 0.5) is 0 Å². The van der Waals surface area contributed by atoms with Gasteiger partial charge in [-0.05, 0) is 50.3 Å². The Balaban J connectivity index is 1.52. The van der Waals surface area contributed by atoms with Gasteiger partial charge in [-0.1, -0.05) is 25.1 Å². The number of aryl methyl sites for hydroxylation is 1. The van der Waals surface area contributed by atoms with E-state index < -0.39 is 0 Å². The fraction of sp³-hybridized carbons (Fsp3) is 0.550. The zero-order chi connectivity index (χ0) is 16.5. The van der Waals surface area contributed by atoms with Gasteiger partial charge in [0.15, 0.2) is 0 Å². The van der Waals surface area contributed by atoms with E-state index in [0.29, 0.717) is 0 Å². The highest BCUT2D eigenvalue weighted by Gasteiger charge is 2.32. The maximum absolute atomic E-state index is 13.1. The maximum atomic E-state index is 13.1. The van der Waals surface area contributed by atoms with Crippen LogP contribution in [0, 0.1) is 11.8 Å². The van der Waals surface area contributed by atoms with Gasteiger partial charge < -0.3 is 14.6 Å². The summed E-state index contributed by atoms with van der Waals surface area (Å²) >= 11 is 0. The predicted molar refractivity (Wildman–Crippen MR) is 95.2 cm³/mol. The normalized spacial score (nSPS) is 22.4. The Morgan fingerprint density at radius 3 is 2.71 bits per heavy atom. The minimum atomic E-state index is 0.153. The van der Waals surface area contributed by atoms with Crippen molar-refractivity contribution >= 4 is 16.9 Å². The van der Waals surface area contributed by atoms with Crippen molar-refractivity contribution in [3.05, 3.63) is 35.6 Å². The zero-order valence-corrected chi connectivity index (χ0v) is 14.4. The Hall–Kier alpha value is -1.81.